The molecule has 0 atom stereocenters. The van der Waals surface area contributed by atoms with Gasteiger partial charge in [-0.25, -0.2) is 19.7 Å². The fourth-order valence-electron chi connectivity index (χ4n) is 3.38. The van der Waals surface area contributed by atoms with Gasteiger partial charge in [-0.1, -0.05) is 0 Å². The first kappa shape index (κ1) is 24.5. The molecule has 0 saturated carbocycles. The zero-order chi connectivity index (χ0) is 23.8. The Morgan fingerprint density at radius 2 is 1.94 bits per heavy atom. The summed E-state index contributed by atoms with van der Waals surface area (Å²) in [6.45, 7) is 9.64. The number of methoxy groups -OCH3 is 1. The third-order valence-electron chi connectivity index (χ3n) is 5.20. The minimum atomic E-state index is -0.271. The smallest absolute Gasteiger partial charge is 0.410 e. The molecule has 0 aromatic carbocycles. The zero-order valence-electron chi connectivity index (χ0n) is 20.0. The fourth-order valence-corrected chi connectivity index (χ4v) is 3.38. The molecule has 3 rings (SSSR count). The number of rotatable bonds is 9. The molecule has 180 valence electrons. The van der Waals surface area contributed by atoms with Crippen LogP contribution in [0.5, 0.6) is 11.8 Å². The van der Waals surface area contributed by atoms with Crippen molar-refractivity contribution >= 4 is 17.6 Å². The summed E-state index contributed by atoms with van der Waals surface area (Å²) in [4.78, 5) is 27.0. The van der Waals surface area contributed by atoms with Crippen molar-refractivity contribution in [1.29, 1.82) is 0 Å². The Kier molecular flexibility index (Phi) is 8.65. The first-order valence-electron chi connectivity index (χ1n) is 11.2. The van der Waals surface area contributed by atoms with Crippen LogP contribution in [0.2, 0.25) is 0 Å². The van der Waals surface area contributed by atoms with E-state index in [0.717, 1.165) is 16.9 Å². The highest BCUT2D eigenvalue weighted by atomic mass is 16.6. The number of hydrogen-bond donors (Lipinski definition) is 1. The van der Waals surface area contributed by atoms with Crippen LogP contribution in [0.3, 0.4) is 0 Å². The van der Waals surface area contributed by atoms with Gasteiger partial charge >= 0.3 is 6.09 Å². The SMILES string of the molecule is COCCOc1ccc(Nc2ncnc(OC3CCN(C(=O)OC(C)C)CC3)c2C)c(C)n1. The third-order valence-corrected chi connectivity index (χ3v) is 5.20. The molecule has 1 N–H and O–H groups in total. The Balaban J connectivity index is 1.59. The largest absolute Gasteiger partial charge is 0.475 e. The van der Waals surface area contributed by atoms with Gasteiger partial charge in [0.05, 0.1) is 29.7 Å². The van der Waals surface area contributed by atoms with Crippen molar-refractivity contribution in [3.63, 3.8) is 0 Å². The topological polar surface area (TPSA) is 108 Å². The van der Waals surface area contributed by atoms with E-state index in [9.17, 15) is 4.79 Å². The molecular formula is C23H33N5O5. The Labute approximate surface area is 194 Å². The van der Waals surface area contributed by atoms with E-state index in [1.165, 1.54) is 6.33 Å². The molecule has 0 radical (unpaired) electrons. The number of anilines is 2. The van der Waals surface area contributed by atoms with Gasteiger partial charge in [-0.2, -0.15) is 0 Å². The number of ether oxygens (including phenoxy) is 4. The van der Waals surface area contributed by atoms with Crippen molar-refractivity contribution in [2.24, 2.45) is 0 Å². The number of nitrogens with zero attached hydrogens (tertiary/aromatic N) is 4. The number of piperidine rings is 1. The summed E-state index contributed by atoms with van der Waals surface area (Å²) < 4.78 is 22.0. The first-order valence-corrected chi connectivity index (χ1v) is 11.2. The van der Waals surface area contributed by atoms with E-state index in [4.69, 9.17) is 18.9 Å². The Hall–Kier alpha value is -3.14. The van der Waals surface area contributed by atoms with Crippen LogP contribution >= 0.6 is 0 Å². The molecule has 1 amide bonds. The summed E-state index contributed by atoms with van der Waals surface area (Å²) >= 11 is 0. The maximum atomic E-state index is 12.1. The highest BCUT2D eigenvalue weighted by Gasteiger charge is 2.26. The van der Waals surface area contributed by atoms with Gasteiger partial charge in [0.25, 0.3) is 0 Å². The number of pyridine rings is 1. The monoisotopic (exact) mass is 459 g/mol. The van der Waals surface area contributed by atoms with Crippen LogP contribution in [0.25, 0.3) is 0 Å². The highest BCUT2D eigenvalue weighted by molar-refractivity contribution is 5.68. The molecule has 1 saturated heterocycles. The molecule has 3 heterocycles. The van der Waals surface area contributed by atoms with E-state index < -0.39 is 0 Å². The van der Waals surface area contributed by atoms with Gasteiger partial charge in [0.15, 0.2) is 0 Å². The number of aryl methyl sites for hydroxylation is 1. The average molecular weight is 460 g/mol. The second-order valence-electron chi connectivity index (χ2n) is 8.14. The van der Waals surface area contributed by atoms with Crippen molar-refractivity contribution in [2.75, 3.05) is 38.7 Å². The molecule has 1 fully saturated rings. The van der Waals surface area contributed by atoms with Crippen molar-refractivity contribution in [3.05, 3.63) is 29.7 Å². The lowest BCUT2D eigenvalue weighted by molar-refractivity contribution is 0.0505. The standard InChI is InChI=1S/C23H33N5O5/c1-15(2)32-23(29)28-10-8-18(9-11-28)33-22-16(3)21(24-14-25-22)27-19-6-7-20(26-17(19)4)31-13-12-30-5/h6-7,14-15,18H,8-13H2,1-5H3,(H,24,25,27). The number of carbonyl (C=O) groups excluding carboxylic acids is 1. The number of hydrogen-bond acceptors (Lipinski definition) is 9. The molecule has 0 bridgehead atoms. The van der Waals surface area contributed by atoms with E-state index in [1.807, 2.05) is 33.8 Å². The fraction of sp³-hybridized carbons (Fsp3) is 0.565. The first-order chi connectivity index (χ1) is 15.9. The number of carbonyl (C=O) groups is 1. The maximum Gasteiger partial charge on any atom is 0.410 e. The lowest BCUT2D eigenvalue weighted by atomic mass is 10.1. The Morgan fingerprint density at radius 1 is 1.18 bits per heavy atom. The van der Waals surface area contributed by atoms with Crippen LogP contribution in [0.4, 0.5) is 16.3 Å². The van der Waals surface area contributed by atoms with Crippen LogP contribution in [0, 0.1) is 13.8 Å². The summed E-state index contributed by atoms with van der Waals surface area (Å²) in [5.74, 6) is 1.72. The molecule has 10 nitrogen and oxygen atoms in total. The van der Waals surface area contributed by atoms with E-state index in [1.54, 1.807) is 18.1 Å². The van der Waals surface area contributed by atoms with Crippen LogP contribution in [0.1, 0.15) is 37.9 Å². The van der Waals surface area contributed by atoms with Crippen molar-refractivity contribution in [3.8, 4) is 11.8 Å². The van der Waals surface area contributed by atoms with Gasteiger partial charge in [0, 0.05) is 39.1 Å². The summed E-state index contributed by atoms with van der Waals surface area (Å²) in [6.07, 6.45) is 2.48. The summed E-state index contributed by atoms with van der Waals surface area (Å²) in [7, 11) is 1.63. The van der Waals surface area contributed by atoms with E-state index >= 15 is 0 Å². The molecule has 0 aliphatic carbocycles. The predicted octanol–water partition coefficient (Wildman–Crippen LogP) is 3.65. The molecule has 1 aliphatic heterocycles. The predicted molar refractivity (Wildman–Crippen MR) is 123 cm³/mol. The molecule has 2 aromatic rings. The van der Waals surface area contributed by atoms with Gasteiger partial charge in [-0.3, -0.25) is 0 Å². The average Bonchev–Trinajstić information content (AvgIpc) is 2.78. The van der Waals surface area contributed by atoms with E-state index in [-0.39, 0.29) is 18.3 Å². The molecule has 33 heavy (non-hydrogen) atoms. The van der Waals surface area contributed by atoms with Crippen molar-refractivity contribution in [1.82, 2.24) is 19.9 Å². The molecule has 1 aliphatic rings. The van der Waals surface area contributed by atoms with Gasteiger partial charge in [-0.05, 0) is 33.8 Å². The normalized spacial score (nSPS) is 14.3. The molecule has 2 aromatic heterocycles. The number of likely N-dealkylation sites (tertiary alicyclic amines) is 1. The van der Waals surface area contributed by atoms with Crippen LogP contribution < -0.4 is 14.8 Å². The van der Waals surface area contributed by atoms with Crippen LogP contribution in [-0.2, 0) is 9.47 Å². The Morgan fingerprint density at radius 3 is 2.61 bits per heavy atom. The second kappa shape index (κ2) is 11.6. The second-order valence-corrected chi connectivity index (χ2v) is 8.14. The van der Waals surface area contributed by atoms with Gasteiger partial charge in [-0.15, -0.1) is 0 Å². The van der Waals surface area contributed by atoms with Crippen LogP contribution in [-0.4, -0.2) is 71.6 Å². The summed E-state index contributed by atoms with van der Waals surface area (Å²) in [5.41, 5.74) is 2.41. The molecule has 0 spiro atoms. The van der Waals surface area contributed by atoms with Crippen molar-refractivity contribution in [2.45, 2.75) is 52.7 Å². The summed E-state index contributed by atoms with van der Waals surface area (Å²) in [5, 5.41) is 3.31. The minimum Gasteiger partial charge on any atom is -0.475 e. The van der Waals surface area contributed by atoms with Gasteiger partial charge in [0.2, 0.25) is 11.8 Å². The molecule has 0 unspecified atom stereocenters. The van der Waals surface area contributed by atoms with E-state index in [0.29, 0.717) is 56.7 Å². The lowest BCUT2D eigenvalue weighted by Gasteiger charge is -2.32. The molecular weight excluding hydrogens is 426 g/mol. The lowest BCUT2D eigenvalue weighted by Crippen LogP contribution is -2.42. The third kappa shape index (κ3) is 6.92. The van der Waals surface area contributed by atoms with Crippen molar-refractivity contribution < 1.29 is 23.7 Å². The number of nitrogens with one attached hydrogen (secondary N) is 1. The molecule has 10 heteroatoms. The van der Waals surface area contributed by atoms with Crippen LogP contribution in [0.15, 0.2) is 18.5 Å². The van der Waals surface area contributed by atoms with E-state index in [2.05, 4.69) is 20.3 Å². The minimum absolute atomic E-state index is 0.0264. The zero-order valence-corrected chi connectivity index (χ0v) is 20.0. The van der Waals surface area contributed by atoms with Gasteiger partial charge < -0.3 is 29.2 Å². The highest BCUT2D eigenvalue weighted by Crippen LogP contribution is 2.28. The maximum absolute atomic E-state index is 12.1. The quantitative estimate of drug-likeness (QED) is 0.562. The Bertz CT molecular complexity index is 931. The summed E-state index contributed by atoms with van der Waals surface area (Å²) in [6, 6.07) is 3.70. The number of amides is 1. The number of aromatic nitrogens is 3. The van der Waals surface area contributed by atoms with Gasteiger partial charge in [0.1, 0.15) is 24.9 Å².